The van der Waals surface area contributed by atoms with Gasteiger partial charge >= 0.3 is 0 Å². The lowest BCUT2D eigenvalue weighted by molar-refractivity contribution is -0.127. The quantitative estimate of drug-likeness (QED) is 0.865. The van der Waals surface area contributed by atoms with Gasteiger partial charge in [-0.2, -0.15) is 0 Å². The van der Waals surface area contributed by atoms with Crippen molar-refractivity contribution in [1.29, 1.82) is 0 Å². The molecule has 4 nitrogen and oxygen atoms in total. The van der Waals surface area contributed by atoms with E-state index in [1.165, 1.54) is 0 Å². The highest BCUT2D eigenvalue weighted by Crippen LogP contribution is 2.38. The first-order valence-corrected chi connectivity index (χ1v) is 7.47. The zero-order valence-corrected chi connectivity index (χ0v) is 11.8. The third kappa shape index (κ3) is 2.96. The number of carbonyl (C=O) groups is 1. The molecule has 2 fully saturated rings. The molecule has 0 radical (unpaired) electrons. The maximum atomic E-state index is 12.2. The van der Waals surface area contributed by atoms with Gasteiger partial charge in [0.2, 0.25) is 5.91 Å². The van der Waals surface area contributed by atoms with Crippen molar-refractivity contribution in [1.82, 2.24) is 5.32 Å². The van der Waals surface area contributed by atoms with Crippen LogP contribution in [0.1, 0.15) is 26.2 Å². The van der Waals surface area contributed by atoms with Crippen molar-refractivity contribution in [2.24, 2.45) is 5.92 Å². The van der Waals surface area contributed by atoms with Gasteiger partial charge < -0.3 is 15.4 Å². The smallest absolute Gasteiger partial charge is 0.226 e. The molecule has 20 heavy (non-hydrogen) atoms. The Balaban J connectivity index is 1.44. The van der Waals surface area contributed by atoms with Gasteiger partial charge in [0.25, 0.3) is 0 Å². The lowest BCUT2D eigenvalue weighted by Crippen LogP contribution is -2.43. The molecular weight excluding hydrogens is 252 g/mol. The van der Waals surface area contributed by atoms with Crippen LogP contribution in [0, 0.1) is 5.92 Å². The van der Waals surface area contributed by atoms with Crippen LogP contribution in [-0.2, 0) is 9.53 Å². The van der Waals surface area contributed by atoms with Crippen molar-refractivity contribution in [3.05, 3.63) is 30.3 Å². The second-order valence-corrected chi connectivity index (χ2v) is 5.87. The standard InChI is InChI=1S/C16H22N2O2/c1-11(10-17-12-5-3-2-4-6-12)18-16(19)14-9-13-7-8-15(14)20-13/h2-6,11,13-15,17H,7-10H2,1H3,(H,18,19)/t11-,13-,14+,15-/m1/s1. The molecular formula is C16H22N2O2. The first kappa shape index (κ1) is 13.4. The SMILES string of the molecule is C[C@H](CNc1ccccc1)NC(=O)[C@H]1C[C@H]2CC[C@H]1O2. The Morgan fingerprint density at radius 3 is 2.80 bits per heavy atom. The summed E-state index contributed by atoms with van der Waals surface area (Å²) in [6.45, 7) is 2.76. The lowest BCUT2D eigenvalue weighted by atomic mass is 9.88. The summed E-state index contributed by atoms with van der Waals surface area (Å²) >= 11 is 0. The fourth-order valence-corrected chi connectivity index (χ4v) is 3.14. The Morgan fingerprint density at radius 2 is 2.15 bits per heavy atom. The number of hydrogen-bond donors (Lipinski definition) is 2. The van der Waals surface area contributed by atoms with Crippen molar-refractivity contribution in [2.45, 2.75) is 44.4 Å². The second-order valence-electron chi connectivity index (χ2n) is 5.87. The summed E-state index contributed by atoms with van der Waals surface area (Å²) < 4.78 is 5.74. The maximum Gasteiger partial charge on any atom is 0.226 e. The Kier molecular flexibility index (Phi) is 3.92. The highest BCUT2D eigenvalue weighted by molar-refractivity contribution is 5.80. The Labute approximate surface area is 119 Å². The predicted molar refractivity (Wildman–Crippen MR) is 78.5 cm³/mol. The van der Waals surface area contributed by atoms with E-state index in [2.05, 4.69) is 10.6 Å². The van der Waals surface area contributed by atoms with Crippen LogP contribution in [0.15, 0.2) is 30.3 Å². The number of carbonyl (C=O) groups excluding carboxylic acids is 1. The topological polar surface area (TPSA) is 50.4 Å². The Hall–Kier alpha value is -1.55. The number of hydrogen-bond acceptors (Lipinski definition) is 3. The van der Waals surface area contributed by atoms with Crippen LogP contribution in [-0.4, -0.2) is 30.7 Å². The molecule has 1 amide bonds. The van der Waals surface area contributed by atoms with E-state index < -0.39 is 0 Å². The summed E-state index contributed by atoms with van der Waals surface area (Å²) in [5.41, 5.74) is 1.08. The van der Waals surface area contributed by atoms with Crippen LogP contribution < -0.4 is 10.6 Å². The van der Waals surface area contributed by atoms with E-state index in [0.29, 0.717) is 6.10 Å². The number of amides is 1. The monoisotopic (exact) mass is 274 g/mol. The normalized spacial score (nSPS) is 29.1. The third-order valence-electron chi connectivity index (χ3n) is 4.22. The molecule has 0 aromatic heterocycles. The van der Waals surface area contributed by atoms with Gasteiger partial charge in [-0.15, -0.1) is 0 Å². The highest BCUT2D eigenvalue weighted by atomic mass is 16.5. The van der Waals surface area contributed by atoms with Crippen molar-refractivity contribution >= 4 is 11.6 Å². The van der Waals surface area contributed by atoms with Crippen LogP contribution in [0.2, 0.25) is 0 Å². The fraction of sp³-hybridized carbons (Fsp3) is 0.562. The minimum absolute atomic E-state index is 0.0629. The molecule has 4 atom stereocenters. The number of para-hydroxylation sites is 1. The third-order valence-corrected chi connectivity index (χ3v) is 4.22. The van der Waals surface area contributed by atoms with Crippen molar-refractivity contribution < 1.29 is 9.53 Å². The molecule has 0 aliphatic carbocycles. The van der Waals surface area contributed by atoms with E-state index in [1.807, 2.05) is 37.3 Å². The minimum Gasteiger partial charge on any atom is -0.383 e. The van der Waals surface area contributed by atoms with Gasteiger partial charge in [0.05, 0.1) is 18.1 Å². The van der Waals surface area contributed by atoms with Crippen molar-refractivity contribution in [2.75, 3.05) is 11.9 Å². The van der Waals surface area contributed by atoms with Crippen LogP contribution in [0.3, 0.4) is 0 Å². The zero-order chi connectivity index (χ0) is 13.9. The first-order valence-electron chi connectivity index (χ1n) is 7.47. The molecule has 1 aromatic carbocycles. The van der Waals surface area contributed by atoms with Crippen LogP contribution in [0.5, 0.6) is 0 Å². The van der Waals surface area contributed by atoms with Crippen molar-refractivity contribution in [3.63, 3.8) is 0 Å². The van der Waals surface area contributed by atoms with E-state index in [4.69, 9.17) is 4.74 Å². The van der Waals surface area contributed by atoms with Gasteiger partial charge in [0.1, 0.15) is 0 Å². The molecule has 2 bridgehead atoms. The molecule has 108 valence electrons. The average Bonchev–Trinajstić information content (AvgIpc) is 3.09. The maximum absolute atomic E-state index is 12.2. The molecule has 2 N–H and O–H groups in total. The van der Waals surface area contributed by atoms with Crippen molar-refractivity contribution in [3.8, 4) is 0 Å². The summed E-state index contributed by atoms with van der Waals surface area (Å²) in [7, 11) is 0. The van der Waals surface area contributed by atoms with Gasteiger partial charge in [-0.05, 0) is 38.3 Å². The molecule has 2 heterocycles. The van der Waals surface area contributed by atoms with E-state index in [0.717, 1.165) is 31.5 Å². The van der Waals surface area contributed by atoms with E-state index in [9.17, 15) is 4.79 Å². The first-order chi connectivity index (χ1) is 9.72. The average molecular weight is 274 g/mol. The molecule has 1 aromatic rings. The summed E-state index contributed by atoms with van der Waals surface area (Å²) in [6, 6.07) is 10.2. The molecule has 2 saturated heterocycles. The number of fused-ring (bicyclic) bond motifs is 2. The summed E-state index contributed by atoms with van der Waals surface area (Å²) in [5, 5.41) is 6.42. The number of benzene rings is 1. The Bertz CT molecular complexity index is 463. The minimum atomic E-state index is 0.0629. The highest BCUT2D eigenvalue weighted by Gasteiger charge is 2.44. The molecule has 3 rings (SSSR count). The van der Waals surface area contributed by atoms with Crippen LogP contribution in [0.4, 0.5) is 5.69 Å². The van der Waals surface area contributed by atoms with E-state index in [-0.39, 0.29) is 24.0 Å². The van der Waals surface area contributed by atoms with Gasteiger partial charge in [-0.1, -0.05) is 18.2 Å². The molecule has 2 aliphatic heterocycles. The lowest BCUT2D eigenvalue weighted by Gasteiger charge is -2.21. The number of rotatable bonds is 5. The summed E-state index contributed by atoms with van der Waals surface area (Å²) in [4.78, 5) is 12.2. The molecule has 2 aliphatic rings. The van der Waals surface area contributed by atoms with E-state index in [1.54, 1.807) is 0 Å². The Morgan fingerprint density at radius 1 is 1.35 bits per heavy atom. The van der Waals surface area contributed by atoms with Crippen LogP contribution >= 0.6 is 0 Å². The van der Waals surface area contributed by atoms with Crippen LogP contribution in [0.25, 0.3) is 0 Å². The number of ether oxygens (including phenoxy) is 1. The van der Waals surface area contributed by atoms with Gasteiger partial charge in [-0.3, -0.25) is 4.79 Å². The second kappa shape index (κ2) is 5.83. The number of nitrogens with one attached hydrogen (secondary N) is 2. The molecule has 0 saturated carbocycles. The molecule has 4 heteroatoms. The summed E-state index contributed by atoms with van der Waals surface area (Å²) in [6.07, 6.45) is 3.55. The van der Waals surface area contributed by atoms with Gasteiger partial charge in [-0.25, -0.2) is 0 Å². The van der Waals surface area contributed by atoms with Gasteiger partial charge in [0, 0.05) is 18.3 Å². The fourth-order valence-electron chi connectivity index (χ4n) is 3.14. The number of anilines is 1. The zero-order valence-electron chi connectivity index (χ0n) is 11.8. The molecule has 0 unspecified atom stereocenters. The largest absolute Gasteiger partial charge is 0.383 e. The van der Waals surface area contributed by atoms with Gasteiger partial charge in [0.15, 0.2) is 0 Å². The predicted octanol–water partition coefficient (Wildman–Crippen LogP) is 2.17. The molecule has 0 spiro atoms. The van der Waals surface area contributed by atoms with E-state index >= 15 is 0 Å². The summed E-state index contributed by atoms with van der Waals surface area (Å²) in [5.74, 6) is 0.215.